The topological polar surface area (TPSA) is 37.3 Å². The molecule has 0 saturated heterocycles. The van der Waals surface area contributed by atoms with E-state index in [0.717, 1.165) is 22.5 Å². The molecule has 5 heteroatoms. The van der Waals surface area contributed by atoms with Gasteiger partial charge in [-0.15, -0.1) is 0 Å². The molecule has 0 radical (unpaired) electrons. The normalized spacial score (nSPS) is 15.1. The van der Waals surface area contributed by atoms with Gasteiger partial charge in [0.2, 0.25) is 0 Å². The fourth-order valence-corrected chi connectivity index (χ4v) is 4.08. The van der Waals surface area contributed by atoms with Gasteiger partial charge in [-0.2, -0.15) is 0 Å². The van der Waals surface area contributed by atoms with Gasteiger partial charge in [-0.05, 0) is 41.5 Å². The van der Waals surface area contributed by atoms with Crippen LogP contribution in [0.25, 0.3) is 5.69 Å². The molecular formula is C25H20FN3O. The molecule has 30 heavy (non-hydrogen) atoms. The van der Waals surface area contributed by atoms with Crippen LogP contribution in [0.4, 0.5) is 14.9 Å². The van der Waals surface area contributed by atoms with E-state index in [-0.39, 0.29) is 17.8 Å². The van der Waals surface area contributed by atoms with Crippen LogP contribution < -0.4 is 5.32 Å². The van der Waals surface area contributed by atoms with Crippen LogP contribution in [0.1, 0.15) is 22.9 Å². The summed E-state index contributed by atoms with van der Waals surface area (Å²) < 4.78 is 16.3. The summed E-state index contributed by atoms with van der Waals surface area (Å²) in [5.74, 6) is -0.458. The standard InChI is InChI=1S/C25H20FN3O/c26-20-12-5-6-13-21(20)27-25(30)29-17-19-11-4-7-14-22(19)28-16-8-15-23(28)24(29)18-9-2-1-3-10-18/h1-16,24H,17H2,(H,27,30). The number of rotatable bonds is 2. The Bertz CT molecular complexity index is 1200. The summed E-state index contributed by atoms with van der Waals surface area (Å²) >= 11 is 0. The van der Waals surface area contributed by atoms with Crippen molar-refractivity contribution in [2.45, 2.75) is 12.6 Å². The highest BCUT2D eigenvalue weighted by atomic mass is 19.1. The smallest absolute Gasteiger partial charge is 0.318 e. The lowest BCUT2D eigenvalue weighted by Crippen LogP contribution is -2.38. The van der Waals surface area contributed by atoms with E-state index in [9.17, 15) is 9.18 Å². The molecule has 4 aromatic rings. The van der Waals surface area contributed by atoms with Crippen LogP contribution >= 0.6 is 0 Å². The van der Waals surface area contributed by atoms with Crippen LogP contribution in [0.15, 0.2) is 97.2 Å². The number of aromatic nitrogens is 1. The number of hydrogen-bond donors (Lipinski definition) is 1. The zero-order chi connectivity index (χ0) is 20.5. The van der Waals surface area contributed by atoms with E-state index in [2.05, 4.69) is 16.0 Å². The van der Waals surface area contributed by atoms with E-state index in [0.29, 0.717) is 6.54 Å². The minimum atomic E-state index is -0.458. The summed E-state index contributed by atoms with van der Waals surface area (Å²) in [6.07, 6.45) is 2.02. The molecule has 1 aliphatic rings. The van der Waals surface area contributed by atoms with Crippen molar-refractivity contribution >= 4 is 11.7 Å². The summed E-state index contributed by atoms with van der Waals surface area (Å²) in [6, 6.07) is 27.5. The van der Waals surface area contributed by atoms with Crippen molar-refractivity contribution in [3.05, 3.63) is 120 Å². The van der Waals surface area contributed by atoms with Gasteiger partial charge in [-0.25, -0.2) is 9.18 Å². The van der Waals surface area contributed by atoms with Crippen molar-refractivity contribution in [3.63, 3.8) is 0 Å². The summed E-state index contributed by atoms with van der Waals surface area (Å²) in [7, 11) is 0. The summed E-state index contributed by atoms with van der Waals surface area (Å²) in [6.45, 7) is 0.400. The van der Waals surface area contributed by atoms with Gasteiger partial charge in [-0.1, -0.05) is 60.7 Å². The molecule has 3 aromatic carbocycles. The molecule has 0 saturated carbocycles. The Kier molecular flexibility index (Phi) is 4.56. The first-order chi connectivity index (χ1) is 14.7. The number of carbonyl (C=O) groups is 1. The summed E-state index contributed by atoms with van der Waals surface area (Å²) in [5, 5.41) is 2.76. The van der Waals surface area contributed by atoms with Crippen LogP contribution in [0.5, 0.6) is 0 Å². The SMILES string of the molecule is O=C(Nc1ccccc1F)N1Cc2ccccc2-n2cccc2C1c1ccccc1. The molecule has 0 aliphatic carbocycles. The first kappa shape index (κ1) is 18.2. The number of hydrogen-bond acceptors (Lipinski definition) is 1. The lowest BCUT2D eigenvalue weighted by molar-refractivity contribution is 0.194. The summed E-state index contributed by atoms with van der Waals surface area (Å²) in [4.78, 5) is 15.2. The lowest BCUT2D eigenvalue weighted by atomic mass is 10.0. The Hall–Kier alpha value is -3.86. The summed E-state index contributed by atoms with van der Waals surface area (Å²) in [5.41, 5.74) is 4.21. The van der Waals surface area contributed by atoms with Crippen LogP contribution in [0.2, 0.25) is 0 Å². The minimum absolute atomic E-state index is 0.169. The number of nitrogens with zero attached hydrogens (tertiary/aromatic N) is 2. The predicted molar refractivity (Wildman–Crippen MR) is 115 cm³/mol. The zero-order valence-corrected chi connectivity index (χ0v) is 16.2. The monoisotopic (exact) mass is 397 g/mol. The maximum absolute atomic E-state index is 14.2. The third-order valence-electron chi connectivity index (χ3n) is 5.46. The number of benzene rings is 3. The Balaban J connectivity index is 1.64. The van der Waals surface area contributed by atoms with Gasteiger partial charge in [0.15, 0.2) is 0 Å². The van der Waals surface area contributed by atoms with Crippen molar-refractivity contribution in [2.24, 2.45) is 0 Å². The fraction of sp³-hybridized carbons (Fsp3) is 0.0800. The molecule has 1 unspecified atom stereocenters. The number of urea groups is 1. The second-order valence-electron chi connectivity index (χ2n) is 7.28. The van der Waals surface area contributed by atoms with Crippen LogP contribution in [-0.4, -0.2) is 15.5 Å². The number of para-hydroxylation sites is 2. The molecular weight excluding hydrogens is 377 g/mol. The van der Waals surface area contributed by atoms with Gasteiger partial charge < -0.3 is 14.8 Å². The van der Waals surface area contributed by atoms with Gasteiger partial charge in [0.1, 0.15) is 5.82 Å². The molecule has 0 bridgehead atoms. The molecule has 0 fully saturated rings. The number of anilines is 1. The minimum Gasteiger partial charge on any atom is -0.318 e. The second kappa shape index (κ2) is 7.52. The lowest BCUT2D eigenvalue weighted by Gasteiger charge is -2.31. The largest absolute Gasteiger partial charge is 0.323 e. The van der Waals surface area contributed by atoms with Crippen LogP contribution in [0.3, 0.4) is 0 Å². The van der Waals surface area contributed by atoms with E-state index in [1.54, 1.807) is 23.1 Å². The predicted octanol–water partition coefficient (Wildman–Crippen LogP) is 5.75. The zero-order valence-electron chi connectivity index (χ0n) is 16.2. The molecule has 4 nitrogen and oxygen atoms in total. The van der Waals surface area contributed by atoms with Gasteiger partial charge in [0, 0.05) is 11.9 Å². The van der Waals surface area contributed by atoms with Crippen LogP contribution in [0, 0.1) is 5.82 Å². The Morgan fingerprint density at radius 2 is 1.60 bits per heavy atom. The van der Waals surface area contributed by atoms with Crippen molar-refractivity contribution in [1.29, 1.82) is 0 Å². The molecule has 1 aliphatic heterocycles. The molecule has 2 heterocycles. The number of carbonyl (C=O) groups excluding carboxylic acids is 1. The number of halogens is 1. The van der Waals surface area contributed by atoms with E-state index in [1.165, 1.54) is 6.07 Å². The first-order valence-corrected chi connectivity index (χ1v) is 9.85. The molecule has 148 valence electrons. The van der Waals surface area contributed by atoms with Gasteiger partial charge in [-0.3, -0.25) is 0 Å². The van der Waals surface area contributed by atoms with Crippen molar-refractivity contribution in [2.75, 3.05) is 5.32 Å². The van der Waals surface area contributed by atoms with Crippen molar-refractivity contribution < 1.29 is 9.18 Å². The van der Waals surface area contributed by atoms with Gasteiger partial charge in [0.25, 0.3) is 0 Å². The second-order valence-corrected chi connectivity index (χ2v) is 7.28. The highest BCUT2D eigenvalue weighted by molar-refractivity contribution is 5.90. The van der Waals surface area contributed by atoms with E-state index in [4.69, 9.17) is 0 Å². The maximum atomic E-state index is 14.2. The third kappa shape index (κ3) is 3.14. The van der Waals surface area contributed by atoms with Crippen molar-refractivity contribution in [1.82, 2.24) is 9.47 Å². The van der Waals surface area contributed by atoms with E-state index in [1.807, 2.05) is 66.9 Å². The highest BCUT2D eigenvalue weighted by Crippen LogP contribution is 2.36. The quantitative estimate of drug-likeness (QED) is 0.459. The molecule has 1 atom stereocenters. The van der Waals surface area contributed by atoms with Crippen LogP contribution in [-0.2, 0) is 6.54 Å². The molecule has 1 N–H and O–H groups in total. The van der Waals surface area contributed by atoms with Crippen molar-refractivity contribution in [3.8, 4) is 5.69 Å². The van der Waals surface area contributed by atoms with E-state index < -0.39 is 5.82 Å². The highest BCUT2D eigenvalue weighted by Gasteiger charge is 2.33. The van der Waals surface area contributed by atoms with Gasteiger partial charge in [0.05, 0.1) is 24.0 Å². The Morgan fingerprint density at radius 3 is 2.43 bits per heavy atom. The molecule has 0 spiro atoms. The number of nitrogens with one attached hydrogen (secondary N) is 1. The Morgan fingerprint density at radius 1 is 0.867 bits per heavy atom. The maximum Gasteiger partial charge on any atom is 0.323 e. The number of fused-ring (bicyclic) bond motifs is 3. The fourth-order valence-electron chi connectivity index (χ4n) is 4.08. The third-order valence-corrected chi connectivity index (χ3v) is 5.46. The molecule has 1 aromatic heterocycles. The number of amides is 2. The average molecular weight is 397 g/mol. The Labute approximate surface area is 174 Å². The first-order valence-electron chi connectivity index (χ1n) is 9.85. The molecule has 2 amide bonds. The molecule has 5 rings (SSSR count). The van der Waals surface area contributed by atoms with Gasteiger partial charge >= 0.3 is 6.03 Å². The van der Waals surface area contributed by atoms with E-state index >= 15 is 0 Å². The average Bonchev–Trinajstić information content (AvgIpc) is 3.20.